The highest BCUT2D eigenvalue weighted by Gasteiger charge is 2.43. The molecule has 2 fully saturated rings. The number of hydrogen-bond acceptors (Lipinski definition) is 7. The lowest BCUT2D eigenvalue weighted by Crippen LogP contribution is -2.38. The Labute approximate surface area is 209 Å². The number of anilines is 2. The van der Waals surface area contributed by atoms with Crippen LogP contribution in [0.5, 0.6) is 5.75 Å². The lowest BCUT2D eigenvalue weighted by atomic mass is 10.1. The Bertz CT molecular complexity index is 1260. The molecule has 1 aliphatic carbocycles. The molecule has 3 aromatic rings. The summed E-state index contributed by atoms with van der Waals surface area (Å²) in [6.45, 7) is 6.79. The van der Waals surface area contributed by atoms with Crippen LogP contribution in [0.25, 0.3) is 10.8 Å². The van der Waals surface area contributed by atoms with Crippen LogP contribution in [-0.2, 0) is 14.9 Å². The number of carbonyl (C=O) groups excluding carboxylic acids is 2. The van der Waals surface area contributed by atoms with Gasteiger partial charge in [0, 0.05) is 41.9 Å². The fraction of sp³-hybridized carbons (Fsp3) is 0.407. The molecule has 1 aromatic heterocycles. The summed E-state index contributed by atoms with van der Waals surface area (Å²) in [5.74, 6) is 0.784. The van der Waals surface area contributed by atoms with Crippen molar-refractivity contribution in [2.75, 3.05) is 57.2 Å². The number of ether oxygens (including phenoxy) is 3. The van der Waals surface area contributed by atoms with E-state index in [-0.39, 0.29) is 16.9 Å². The number of fused-ring (bicyclic) bond motifs is 1. The standard InChI is InChI=1S/C27H31N3O6/c1-27(9-10-27)23-17-21(24(36-23)25(31)33-2)29-26(32)28-20-7-8-22(19-6-4-3-5-18(19)20)35-16-13-30-11-14-34-15-12-30/h3-8,17H,9-16H2,1-2H3,(H2,28,29,32). The van der Waals surface area contributed by atoms with E-state index in [0.717, 1.165) is 62.2 Å². The quantitative estimate of drug-likeness (QED) is 0.441. The van der Waals surface area contributed by atoms with E-state index in [2.05, 4.69) is 22.5 Å². The zero-order valence-corrected chi connectivity index (χ0v) is 20.6. The molecular weight excluding hydrogens is 462 g/mol. The van der Waals surface area contributed by atoms with E-state index in [9.17, 15) is 9.59 Å². The average molecular weight is 494 g/mol. The third kappa shape index (κ3) is 5.17. The van der Waals surface area contributed by atoms with Crippen molar-refractivity contribution >= 4 is 34.1 Å². The maximum absolute atomic E-state index is 12.9. The Morgan fingerprint density at radius 3 is 2.47 bits per heavy atom. The smallest absolute Gasteiger partial charge is 0.376 e. The van der Waals surface area contributed by atoms with Crippen molar-refractivity contribution in [2.45, 2.75) is 25.2 Å². The first-order chi connectivity index (χ1) is 17.5. The van der Waals surface area contributed by atoms with Gasteiger partial charge < -0.3 is 29.3 Å². The summed E-state index contributed by atoms with van der Waals surface area (Å²) >= 11 is 0. The van der Waals surface area contributed by atoms with E-state index in [1.54, 1.807) is 6.07 Å². The average Bonchev–Trinajstić information content (AvgIpc) is 3.51. The maximum atomic E-state index is 12.9. The summed E-state index contributed by atoms with van der Waals surface area (Å²) in [6.07, 6.45) is 1.94. The zero-order chi connectivity index (χ0) is 25.1. The fourth-order valence-electron chi connectivity index (χ4n) is 4.35. The molecule has 2 aliphatic rings. The van der Waals surface area contributed by atoms with Gasteiger partial charge in [0.2, 0.25) is 5.76 Å². The number of morpholine rings is 1. The number of nitrogens with one attached hydrogen (secondary N) is 2. The highest BCUT2D eigenvalue weighted by Crippen LogP contribution is 2.49. The molecule has 0 spiro atoms. The van der Waals surface area contributed by atoms with Crippen LogP contribution in [0.1, 0.15) is 36.1 Å². The Kier molecular flexibility index (Phi) is 6.84. The van der Waals surface area contributed by atoms with Gasteiger partial charge in [-0.2, -0.15) is 0 Å². The SMILES string of the molecule is COC(=O)c1oc(C2(C)CC2)cc1NC(=O)Nc1ccc(OCCN2CCOCC2)c2ccccc12. The van der Waals surface area contributed by atoms with Gasteiger partial charge in [-0.25, -0.2) is 9.59 Å². The number of carbonyl (C=O) groups is 2. The Morgan fingerprint density at radius 2 is 1.75 bits per heavy atom. The minimum Gasteiger partial charge on any atom is -0.492 e. The zero-order valence-electron chi connectivity index (χ0n) is 20.6. The molecule has 2 N–H and O–H groups in total. The molecule has 2 heterocycles. The Balaban J connectivity index is 1.29. The molecule has 0 bridgehead atoms. The van der Waals surface area contributed by atoms with E-state index >= 15 is 0 Å². The van der Waals surface area contributed by atoms with Crippen LogP contribution >= 0.6 is 0 Å². The van der Waals surface area contributed by atoms with Gasteiger partial charge >= 0.3 is 12.0 Å². The first-order valence-electron chi connectivity index (χ1n) is 12.2. The van der Waals surface area contributed by atoms with Gasteiger partial charge in [0.05, 0.1) is 31.7 Å². The molecule has 0 unspecified atom stereocenters. The normalized spacial score (nSPS) is 16.9. The molecule has 2 amide bonds. The minimum atomic E-state index is -0.634. The van der Waals surface area contributed by atoms with E-state index in [1.807, 2.05) is 36.4 Å². The third-order valence-electron chi connectivity index (χ3n) is 6.85. The molecule has 9 nitrogen and oxygen atoms in total. The number of benzene rings is 2. The molecule has 2 aromatic carbocycles. The van der Waals surface area contributed by atoms with Crippen LogP contribution in [0.15, 0.2) is 46.9 Å². The van der Waals surface area contributed by atoms with Crippen molar-refractivity contribution in [3.63, 3.8) is 0 Å². The highest BCUT2D eigenvalue weighted by molar-refractivity contribution is 6.09. The number of methoxy groups -OCH3 is 1. The van der Waals surface area contributed by atoms with E-state index < -0.39 is 12.0 Å². The summed E-state index contributed by atoms with van der Waals surface area (Å²) < 4.78 is 22.1. The topological polar surface area (TPSA) is 102 Å². The van der Waals surface area contributed by atoms with Crippen LogP contribution in [-0.4, -0.2) is 63.5 Å². The van der Waals surface area contributed by atoms with E-state index in [1.165, 1.54) is 7.11 Å². The molecule has 5 rings (SSSR count). The monoisotopic (exact) mass is 493 g/mol. The second kappa shape index (κ2) is 10.2. The van der Waals surface area contributed by atoms with Crippen LogP contribution < -0.4 is 15.4 Å². The number of nitrogens with zero attached hydrogens (tertiary/aromatic N) is 1. The Morgan fingerprint density at radius 1 is 1.03 bits per heavy atom. The van der Waals surface area contributed by atoms with Gasteiger partial charge in [0.25, 0.3) is 0 Å². The number of hydrogen-bond donors (Lipinski definition) is 2. The molecule has 0 atom stereocenters. The summed E-state index contributed by atoms with van der Waals surface area (Å²) in [5.41, 5.74) is 0.809. The lowest BCUT2D eigenvalue weighted by Gasteiger charge is -2.26. The van der Waals surface area contributed by atoms with E-state index in [0.29, 0.717) is 18.1 Å². The summed E-state index contributed by atoms with van der Waals surface area (Å²) in [7, 11) is 1.28. The van der Waals surface area contributed by atoms with Crippen LogP contribution in [0.4, 0.5) is 16.2 Å². The minimum absolute atomic E-state index is 0.00958. The Hall–Kier alpha value is -3.56. The second-order valence-corrected chi connectivity index (χ2v) is 9.44. The predicted molar refractivity (Wildman–Crippen MR) is 136 cm³/mol. The van der Waals surface area contributed by atoms with Gasteiger partial charge in [-0.05, 0) is 25.0 Å². The van der Waals surface area contributed by atoms with Gasteiger partial charge in [-0.1, -0.05) is 31.2 Å². The number of furan rings is 1. The largest absolute Gasteiger partial charge is 0.492 e. The number of esters is 1. The molecular formula is C27H31N3O6. The van der Waals surface area contributed by atoms with Gasteiger partial charge in [-0.15, -0.1) is 0 Å². The van der Waals surface area contributed by atoms with E-state index in [4.69, 9.17) is 18.6 Å². The molecule has 9 heteroatoms. The second-order valence-electron chi connectivity index (χ2n) is 9.44. The van der Waals surface area contributed by atoms with Crippen LogP contribution in [0.2, 0.25) is 0 Å². The predicted octanol–water partition coefficient (Wildman–Crippen LogP) is 4.63. The molecule has 0 radical (unpaired) electrons. The molecule has 1 saturated carbocycles. The summed E-state index contributed by atoms with van der Waals surface area (Å²) in [4.78, 5) is 27.5. The van der Waals surface area contributed by atoms with Gasteiger partial charge in [0.1, 0.15) is 18.1 Å². The molecule has 1 aliphatic heterocycles. The van der Waals surface area contributed by atoms with Crippen molar-refractivity contribution in [1.29, 1.82) is 0 Å². The number of urea groups is 1. The lowest BCUT2D eigenvalue weighted by molar-refractivity contribution is 0.0323. The number of rotatable bonds is 8. The first-order valence-corrected chi connectivity index (χ1v) is 12.2. The molecule has 36 heavy (non-hydrogen) atoms. The van der Waals surface area contributed by atoms with Crippen LogP contribution in [0.3, 0.4) is 0 Å². The van der Waals surface area contributed by atoms with Crippen molar-refractivity contribution in [2.24, 2.45) is 0 Å². The first kappa shape index (κ1) is 24.1. The molecule has 190 valence electrons. The fourth-order valence-corrected chi connectivity index (χ4v) is 4.35. The molecule has 1 saturated heterocycles. The van der Waals surface area contributed by atoms with Crippen LogP contribution in [0, 0.1) is 0 Å². The van der Waals surface area contributed by atoms with Crippen molar-refractivity contribution in [3.05, 3.63) is 54.0 Å². The third-order valence-corrected chi connectivity index (χ3v) is 6.85. The van der Waals surface area contributed by atoms with Crippen molar-refractivity contribution in [1.82, 2.24) is 4.90 Å². The van der Waals surface area contributed by atoms with Crippen molar-refractivity contribution in [3.8, 4) is 5.75 Å². The summed E-state index contributed by atoms with van der Waals surface area (Å²) in [5, 5.41) is 7.40. The summed E-state index contributed by atoms with van der Waals surface area (Å²) in [6, 6.07) is 12.7. The van der Waals surface area contributed by atoms with Gasteiger partial charge in [0.15, 0.2) is 0 Å². The number of amides is 2. The van der Waals surface area contributed by atoms with Crippen molar-refractivity contribution < 1.29 is 28.2 Å². The van der Waals surface area contributed by atoms with Gasteiger partial charge in [-0.3, -0.25) is 4.90 Å². The maximum Gasteiger partial charge on any atom is 0.376 e. The highest BCUT2D eigenvalue weighted by atomic mass is 16.5.